The number of ether oxygens (including phenoxy) is 1. The number of rotatable bonds is 5. The lowest BCUT2D eigenvalue weighted by molar-refractivity contribution is 0.102. The van der Waals surface area contributed by atoms with Crippen molar-refractivity contribution in [1.29, 1.82) is 0 Å². The van der Waals surface area contributed by atoms with Crippen molar-refractivity contribution in [2.24, 2.45) is 0 Å². The summed E-state index contributed by atoms with van der Waals surface area (Å²) < 4.78 is 32.9. The Morgan fingerprint density at radius 1 is 1.06 bits per heavy atom. The number of H-pyrrole nitrogens is 1. The first kappa shape index (κ1) is 21.1. The van der Waals surface area contributed by atoms with Gasteiger partial charge in [-0.2, -0.15) is 4.31 Å². The number of nitrogens with zero attached hydrogens (tertiary/aromatic N) is 1. The molecular formula is C22H23N3O5S. The number of carbonyl (C=O) groups is 1. The Hall–Kier alpha value is -3.17. The zero-order valence-corrected chi connectivity index (χ0v) is 17.9. The number of methoxy groups -OCH3 is 1. The van der Waals surface area contributed by atoms with E-state index in [4.69, 9.17) is 4.74 Å². The van der Waals surface area contributed by atoms with Gasteiger partial charge in [-0.15, -0.1) is 0 Å². The Balaban J connectivity index is 1.71. The molecule has 2 aromatic carbocycles. The lowest BCUT2D eigenvalue weighted by Crippen LogP contribution is -2.35. The topological polar surface area (TPSA) is 109 Å². The highest BCUT2D eigenvalue weighted by Crippen LogP contribution is 2.30. The maximum Gasteiger partial charge on any atom is 0.256 e. The van der Waals surface area contributed by atoms with Gasteiger partial charge in [0.1, 0.15) is 5.75 Å². The van der Waals surface area contributed by atoms with Crippen LogP contribution in [-0.2, 0) is 10.0 Å². The minimum Gasteiger partial charge on any atom is -0.495 e. The number of piperidine rings is 1. The minimum atomic E-state index is -3.68. The first-order valence-corrected chi connectivity index (χ1v) is 11.5. The van der Waals surface area contributed by atoms with E-state index in [1.807, 2.05) is 0 Å². The van der Waals surface area contributed by atoms with E-state index < -0.39 is 21.5 Å². The van der Waals surface area contributed by atoms with Crippen molar-refractivity contribution in [3.05, 3.63) is 64.4 Å². The van der Waals surface area contributed by atoms with Crippen molar-refractivity contribution < 1.29 is 17.9 Å². The Labute approximate surface area is 179 Å². The minimum absolute atomic E-state index is 0.0845. The van der Waals surface area contributed by atoms with Gasteiger partial charge in [0.15, 0.2) is 0 Å². The Kier molecular flexibility index (Phi) is 5.79. The van der Waals surface area contributed by atoms with E-state index in [9.17, 15) is 18.0 Å². The summed E-state index contributed by atoms with van der Waals surface area (Å²) in [6.45, 7) is 0.962. The van der Waals surface area contributed by atoms with Gasteiger partial charge in [0, 0.05) is 30.1 Å². The molecule has 1 aliphatic rings. The number of sulfonamides is 1. The van der Waals surface area contributed by atoms with Gasteiger partial charge in [0.05, 0.1) is 23.3 Å². The van der Waals surface area contributed by atoms with E-state index in [-0.39, 0.29) is 16.1 Å². The molecule has 1 aliphatic heterocycles. The summed E-state index contributed by atoms with van der Waals surface area (Å²) in [5, 5.41) is 3.29. The van der Waals surface area contributed by atoms with E-state index in [2.05, 4.69) is 10.3 Å². The number of hydrogen-bond acceptors (Lipinski definition) is 5. The highest BCUT2D eigenvalue weighted by molar-refractivity contribution is 7.89. The fourth-order valence-corrected chi connectivity index (χ4v) is 5.33. The van der Waals surface area contributed by atoms with E-state index in [0.717, 1.165) is 19.3 Å². The van der Waals surface area contributed by atoms with Crippen LogP contribution in [0.5, 0.6) is 5.75 Å². The van der Waals surface area contributed by atoms with Crippen molar-refractivity contribution >= 4 is 32.5 Å². The number of benzene rings is 2. The first-order valence-electron chi connectivity index (χ1n) is 10.0. The summed E-state index contributed by atoms with van der Waals surface area (Å²) in [6, 6.07) is 12.6. The maximum absolute atomic E-state index is 13.0. The van der Waals surface area contributed by atoms with Gasteiger partial charge in [-0.25, -0.2) is 8.42 Å². The number of aromatic nitrogens is 1. The van der Waals surface area contributed by atoms with Gasteiger partial charge >= 0.3 is 0 Å². The fourth-order valence-electron chi connectivity index (χ4n) is 3.78. The van der Waals surface area contributed by atoms with Crippen molar-refractivity contribution in [3.63, 3.8) is 0 Å². The van der Waals surface area contributed by atoms with Crippen LogP contribution in [0.2, 0.25) is 0 Å². The molecule has 0 atom stereocenters. The number of para-hydroxylation sites is 1. The molecule has 1 fully saturated rings. The van der Waals surface area contributed by atoms with Crippen LogP contribution >= 0.6 is 0 Å². The number of pyridine rings is 1. The Bertz CT molecular complexity index is 1290. The second-order valence-electron chi connectivity index (χ2n) is 7.37. The van der Waals surface area contributed by atoms with Gasteiger partial charge < -0.3 is 15.0 Å². The third kappa shape index (κ3) is 4.19. The average Bonchev–Trinajstić information content (AvgIpc) is 2.79. The molecule has 0 aliphatic carbocycles. The lowest BCUT2D eigenvalue weighted by Gasteiger charge is -2.26. The molecule has 3 aromatic rings. The van der Waals surface area contributed by atoms with Crippen LogP contribution in [0.1, 0.15) is 29.6 Å². The summed E-state index contributed by atoms with van der Waals surface area (Å²) in [7, 11) is -2.24. The molecule has 31 heavy (non-hydrogen) atoms. The quantitative estimate of drug-likeness (QED) is 0.633. The van der Waals surface area contributed by atoms with Crippen molar-refractivity contribution in [2.75, 3.05) is 25.5 Å². The largest absolute Gasteiger partial charge is 0.495 e. The molecule has 0 unspecified atom stereocenters. The Morgan fingerprint density at radius 2 is 1.81 bits per heavy atom. The van der Waals surface area contributed by atoms with Gasteiger partial charge in [0.25, 0.3) is 5.91 Å². The van der Waals surface area contributed by atoms with Gasteiger partial charge in [-0.05, 0) is 37.1 Å². The standard InChI is InChI=1S/C22H23N3O5S/c1-30-20-10-9-15(31(28,29)25-11-5-2-6-12-25)13-19(20)24-22(27)17-14-21(26)23-18-8-4-3-7-16(17)18/h3-4,7-10,13-14H,2,5-6,11-12H2,1H3,(H,23,26)(H,24,27). The molecule has 0 bridgehead atoms. The monoisotopic (exact) mass is 441 g/mol. The van der Waals surface area contributed by atoms with E-state index >= 15 is 0 Å². The summed E-state index contributed by atoms with van der Waals surface area (Å²) in [5.41, 5.74) is 0.534. The molecule has 8 nitrogen and oxygen atoms in total. The highest BCUT2D eigenvalue weighted by Gasteiger charge is 2.27. The third-order valence-corrected chi connectivity index (χ3v) is 7.26. The van der Waals surface area contributed by atoms with Gasteiger partial charge in [-0.3, -0.25) is 9.59 Å². The second kappa shape index (κ2) is 8.52. The number of carbonyl (C=O) groups excluding carboxylic acids is 1. The maximum atomic E-state index is 13.0. The zero-order chi connectivity index (χ0) is 22.0. The van der Waals surface area contributed by atoms with Crippen molar-refractivity contribution in [3.8, 4) is 5.75 Å². The summed E-state index contributed by atoms with van der Waals surface area (Å²) >= 11 is 0. The van der Waals surface area contributed by atoms with Gasteiger partial charge in [-0.1, -0.05) is 24.6 Å². The number of aromatic amines is 1. The molecule has 162 valence electrons. The number of nitrogens with one attached hydrogen (secondary N) is 2. The molecule has 1 saturated heterocycles. The molecule has 0 saturated carbocycles. The van der Waals surface area contributed by atoms with Crippen molar-refractivity contribution in [1.82, 2.24) is 9.29 Å². The lowest BCUT2D eigenvalue weighted by atomic mass is 10.1. The normalized spacial score (nSPS) is 15.0. The highest BCUT2D eigenvalue weighted by atomic mass is 32.2. The van der Waals surface area contributed by atoms with E-state index in [0.29, 0.717) is 29.7 Å². The van der Waals surface area contributed by atoms with Crippen LogP contribution in [0.4, 0.5) is 5.69 Å². The SMILES string of the molecule is COc1ccc(S(=O)(=O)N2CCCCC2)cc1NC(=O)c1cc(=O)[nH]c2ccccc12. The first-order chi connectivity index (χ1) is 14.9. The number of anilines is 1. The molecule has 2 heterocycles. The molecule has 0 radical (unpaired) electrons. The zero-order valence-electron chi connectivity index (χ0n) is 17.1. The van der Waals surface area contributed by atoms with Crippen LogP contribution in [0.25, 0.3) is 10.9 Å². The third-order valence-electron chi connectivity index (χ3n) is 5.37. The molecule has 9 heteroatoms. The fraction of sp³-hybridized carbons (Fsp3) is 0.273. The second-order valence-corrected chi connectivity index (χ2v) is 9.31. The smallest absolute Gasteiger partial charge is 0.256 e. The number of amides is 1. The molecule has 1 amide bonds. The predicted molar refractivity (Wildman–Crippen MR) is 118 cm³/mol. The molecular weight excluding hydrogens is 418 g/mol. The van der Waals surface area contributed by atoms with Crippen LogP contribution in [0.3, 0.4) is 0 Å². The Morgan fingerprint density at radius 3 is 2.55 bits per heavy atom. The van der Waals surface area contributed by atoms with Crippen LogP contribution in [0, 0.1) is 0 Å². The molecule has 4 rings (SSSR count). The van der Waals surface area contributed by atoms with Crippen LogP contribution < -0.4 is 15.6 Å². The predicted octanol–water partition coefficient (Wildman–Crippen LogP) is 2.96. The molecule has 2 N–H and O–H groups in total. The van der Waals surface area contributed by atoms with E-state index in [1.165, 1.54) is 35.7 Å². The number of hydrogen-bond donors (Lipinski definition) is 2. The summed E-state index contributed by atoms with van der Waals surface area (Å²) in [6.07, 6.45) is 2.67. The number of fused-ring (bicyclic) bond motifs is 1. The summed E-state index contributed by atoms with van der Waals surface area (Å²) in [5.74, 6) is -0.215. The average molecular weight is 442 g/mol. The molecule has 1 aromatic heterocycles. The van der Waals surface area contributed by atoms with E-state index in [1.54, 1.807) is 24.3 Å². The van der Waals surface area contributed by atoms with Crippen molar-refractivity contribution in [2.45, 2.75) is 24.2 Å². The van der Waals surface area contributed by atoms with Gasteiger partial charge in [0.2, 0.25) is 15.6 Å². The molecule has 0 spiro atoms. The van der Waals surface area contributed by atoms with Crippen LogP contribution in [0.15, 0.2) is 58.2 Å². The van der Waals surface area contributed by atoms with Crippen LogP contribution in [-0.4, -0.2) is 43.8 Å². The summed E-state index contributed by atoms with van der Waals surface area (Å²) in [4.78, 5) is 27.8.